The minimum absolute atomic E-state index is 0.330. The summed E-state index contributed by atoms with van der Waals surface area (Å²) in [5.41, 5.74) is 0. The Kier molecular flexibility index (Phi) is 2.91. The molecule has 1 heterocycles. The van der Waals surface area contributed by atoms with E-state index in [1.165, 1.54) is 31.7 Å². The van der Waals surface area contributed by atoms with Crippen LogP contribution in [0.4, 0.5) is 4.39 Å². The summed E-state index contributed by atoms with van der Waals surface area (Å²) in [6.07, 6.45) is 6.18. The van der Waals surface area contributed by atoms with Gasteiger partial charge < -0.3 is 4.74 Å². The predicted octanol–water partition coefficient (Wildman–Crippen LogP) is 2.18. The Balaban J connectivity index is 1.74. The fourth-order valence-corrected chi connectivity index (χ4v) is 1.51. The highest BCUT2D eigenvalue weighted by Crippen LogP contribution is 2.29. The summed E-state index contributed by atoms with van der Waals surface area (Å²) >= 11 is 0. The van der Waals surface area contributed by atoms with Crippen molar-refractivity contribution < 1.29 is 9.13 Å². The zero-order valence-corrected chi connectivity index (χ0v) is 7.95. The normalized spacial score (nSPS) is 16.4. The maximum absolute atomic E-state index is 12.6. The Morgan fingerprint density at radius 1 is 1.43 bits per heavy atom. The van der Waals surface area contributed by atoms with Gasteiger partial charge in [0.2, 0.25) is 11.8 Å². The lowest BCUT2D eigenvalue weighted by Gasteiger charge is -2.24. The number of halogens is 1. The highest BCUT2D eigenvalue weighted by molar-refractivity contribution is 5.05. The molecule has 1 saturated carbocycles. The zero-order valence-electron chi connectivity index (χ0n) is 7.95. The van der Waals surface area contributed by atoms with E-state index < -0.39 is 5.95 Å². The summed E-state index contributed by atoms with van der Waals surface area (Å²) in [5.74, 6) is 0.595. The molecular formula is C10H13FN2O. The molecule has 0 atom stereocenters. The summed E-state index contributed by atoms with van der Waals surface area (Å²) < 4.78 is 17.9. The lowest BCUT2D eigenvalue weighted by atomic mass is 9.83. The van der Waals surface area contributed by atoms with E-state index in [0.717, 1.165) is 12.3 Å². The van der Waals surface area contributed by atoms with Crippen LogP contribution in [0.25, 0.3) is 0 Å². The standard InChI is InChI=1S/C10H13FN2O/c11-9-6-10(13-7-12-9)14-5-4-8-2-1-3-8/h6-8H,1-5H2. The number of aromatic nitrogens is 2. The SMILES string of the molecule is Fc1cc(OCCC2CCC2)ncn1. The van der Waals surface area contributed by atoms with Gasteiger partial charge in [-0.15, -0.1) is 0 Å². The number of hydrogen-bond donors (Lipinski definition) is 0. The van der Waals surface area contributed by atoms with E-state index in [1.54, 1.807) is 0 Å². The van der Waals surface area contributed by atoms with Gasteiger partial charge >= 0.3 is 0 Å². The Hall–Kier alpha value is -1.19. The molecule has 0 bridgehead atoms. The predicted molar refractivity (Wildman–Crippen MR) is 49.4 cm³/mol. The van der Waals surface area contributed by atoms with Gasteiger partial charge in [-0.05, 0) is 12.3 Å². The number of ether oxygens (including phenoxy) is 1. The molecule has 1 fully saturated rings. The van der Waals surface area contributed by atoms with E-state index in [0.29, 0.717) is 12.5 Å². The van der Waals surface area contributed by atoms with Crippen LogP contribution < -0.4 is 4.74 Å². The van der Waals surface area contributed by atoms with Crippen molar-refractivity contribution in [3.05, 3.63) is 18.3 Å². The lowest BCUT2D eigenvalue weighted by Crippen LogP contribution is -2.14. The molecular weight excluding hydrogens is 183 g/mol. The van der Waals surface area contributed by atoms with Gasteiger partial charge in [-0.3, -0.25) is 0 Å². The van der Waals surface area contributed by atoms with Gasteiger partial charge in [0.1, 0.15) is 6.33 Å². The first-order valence-electron chi connectivity index (χ1n) is 4.95. The maximum Gasteiger partial charge on any atom is 0.219 e. The molecule has 3 nitrogen and oxygen atoms in total. The molecule has 1 aromatic rings. The molecule has 4 heteroatoms. The molecule has 0 unspecified atom stereocenters. The van der Waals surface area contributed by atoms with Crippen LogP contribution >= 0.6 is 0 Å². The second-order valence-electron chi connectivity index (χ2n) is 3.61. The Morgan fingerprint density at radius 2 is 2.29 bits per heavy atom. The van der Waals surface area contributed by atoms with Gasteiger partial charge in [-0.25, -0.2) is 9.97 Å². The minimum Gasteiger partial charge on any atom is -0.478 e. The van der Waals surface area contributed by atoms with Gasteiger partial charge in [-0.1, -0.05) is 19.3 Å². The monoisotopic (exact) mass is 196 g/mol. The van der Waals surface area contributed by atoms with Crippen LogP contribution in [0.15, 0.2) is 12.4 Å². The van der Waals surface area contributed by atoms with Crippen LogP contribution in [0.2, 0.25) is 0 Å². The molecule has 14 heavy (non-hydrogen) atoms. The highest BCUT2D eigenvalue weighted by atomic mass is 19.1. The van der Waals surface area contributed by atoms with Crippen LogP contribution in [-0.2, 0) is 0 Å². The molecule has 0 radical (unpaired) electrons. The first kappa shape index (κ1) is 9.37. The maximum atomic E-state index is 12.6. The average molecular weight is 196 g/mol. The molecule has 0 aromatic carbocycles. The largest absolute Gasteiger partial charge is 0.478 e. The lowest BCUT2D eigenvalue weighted by molar-refractivity contribution is 0.216. The van der Waals surface area contributed by atoms with E-state index in [-0.39, 0.29) is 0 Å². The van der Waals surface area contributed by atoms with E-state index in [1.807, 2.05) is 0 Å². The Morgan fingerprint density at radius 3 is 2.93 bits per heavy atom. The van der Waals surface area contributed by atoms with E-state index in [2.05, 4.69) is 9.97 Å². The van der Waals surface area contributed by atoms with Crippen molar-refractivity contribution in [3.8, 4) is 5.88 Å². The van der Waals surface area contributed by atoms with E-state index >= 15 is 0 Å². The fraction of sp³-hybridized carbons (Fsp3) is 0.600. The highest BCUT2D eigenvalue weighted by Gasteiger charge is 2.16. The third kappa shape index (κ3) is 2.40. The van der Waals surface area contributed by atoms with E-state index in [9.17, 15) is 4.39 Å². The fourth-order valence-electron chi connectivity index (χ4n) is 1.51. The first-order chi connectivity index (χ1) is 6.84. The first-order valence-corrected chi connectivity index (χ1v) is 4.95. The van der Waals surface area contributed by atoms with Crippen LogP contribution in [0.5, 0.6) is 5.88 Å². The molecule has 0 amide bonds. The summed E-state index contributed by atoms with van der Waals surface area (Å²) in [7, 11) is 0. The van der Waals surface area contributed by atoms with Crippen molar-refractivity contribution in [3.63, 3.8) is 0 Å². The number of nitrogens with zero attached hydrogens (tertiary/aromatic N) is 2. The Bertz CT molecular complexity index is 302. The summed E-state index contributed by atoms with van der Waals surface area (Å²) in [6, 6.07) is 1.21. The quantitative estimate of drug-likeness (QED) is 0.692. The van der Waals surface area contributed by atoms with Crippen LogP contribution in [0, 0.1) is 11.9 Å². The number of rotatable bonds is 4. The minimum atomic E-state index is -0.543. The summed E-state index contributed by atoms with van der Waals surface area (Å²) in [4.78, 5) is 7.16. The van der Waals surface area contributed by atoms with Crippen molar-refractivity contribution >= 4 is 0 Å². The zero-order chi connectivity index (χ0) is 9.80. The molecule has 0 aliphatic heterocycles. The second-order valence-corrected chi connectivity index (χ2v) is 3.61. The van der Waals surface area contributed by atoms with Gasteiger partial charge in [-0.2, -0.15) is 4.39 Å². The number of hydrogen-bond acceptors (Lipinski definition) is 3. The van der Waals surface area contributed by atoms with Crippen molar-refractivity contribution in [2.75, 3.05) is 6.61 Å². The third-order valence-corrected chi connectivity index (χ3v) is 2.61. The molecule has 1 aromatic heterocycles. The molecule has 1 aliphatic carbocycles. The van der Waals surface area contributed by atoms with Crippen molar-refractivity contribution in [1.82, 2.24) is 9.97 Å². The smallest absolute Gasteiger partial charge is 0.219 e. The second kappa shape index (κ2) is 4.35. The van der Waals surface area contributed by atoms with Crippen LogP contribution in [0.1, 0.15) is 25.7 Å². The van der Waals surface area contributed by atoms with Crippen molar-refractivity contribution in [2.45, 2.75) is 25.7 Å². The molecule has 0 spiro atoms. The molecule has 0 N–H and O–H groups in total. The van der Waals surface area contributed by atoms with Gasteiger partial charge in [0.25, 0.3) is 0 Å². The van der Waals surface area contributed by atoms with Gasteiger partial charge in [0, 0.05) is 0 Å². The van der Waals surface area contributed by atoms with Crippen molar-refractivity contribution in [2.24, 2.45) is 5.92 Å². The molecule has 0 saturated heterocycles. The van der Waals surface area contributed by atoms with Crippen molar-refractivity contribution in [1.29, 1.82) is 0 Å². The molecule has 76 valence electrons. The van der Waals surface area contributed by atoms with E-state index in [4.69, 9.17) is 4.74 Å². The average Bonchev–Trinajstić information content (AvgIpc) is 2.09. The van der Waals surface area contributed by atoms with Gasteiger partial charge in [0.15, 0.2) is 0 Å². The topological polar surface area (TPSA) is 35.0 Å². The molecule has 1 aliphatic rings. The summed E-state index contributed by atoms with van der Waals surface area (Å²) in [6.45, 7) is 0.626. The molecule has 2 rings (SSSR count). The Labute approximate surface area is 82.3 Å². The summed E-state index contributed by atoms with van der Waals surface area (Å²) in [5, 5.41) is 0. The van der Waals surface area contributed by atoms with Gasteiger partial charge in [0.05, 0.1) is 12.7 Å². The van der Waals surface area contributed by atoms with Crippen LogP contribution in [-0.4, -0.2) is 16.6 Å². The third-order valence-electron chi connectivity index (χ3n) is 2.61. The van der Waals surface area contributed by atoms with Crippen LogP contribution in [0.3, 0.4) is 0 Å².